The third-order valence-electron chi connectivity index (χ3n) is 8.96. The molecule has 0 atom stereocenters. The van der Waals surface area contributed by atoms with Crippen LogP contribution in [0.25, 0.3) is 54.9 Å². The van der Waals surface area contributed by atoms with Crippen molar-refractivity contribution in [2.75, 3.05) is 4.90 Å². The van der Waals surface area contributed by atoms with Crippen molar-refractivity contribution in [1.82, 2.24) is 0 Å². The van der Waals surface area contributed by atoms with Crippen molar-refractivity contribution in [1.29, 1.82) is 0 Å². The van der Waals surface area contributed by atoms with Gasteiger partial charge in [0.2, 0.25) is 0 Å². The van der Waals surface area contributed by atoms with Gasteiger partial charge < -0.3 is 4.90 Å². The molecule has 4 nitrogen and oxygen atoms in total. The number of non-ortho nitro benzene ring substituents is 1. The van der Waals surface area contributed by atoms with Crippen LogP contribution in [-0.2, 0) is 0 Å². The molecule has 0 aromatic heterocycles. The molecule has 0 amide bonds. The van der Waals surface area contributed by atoms with Crippen molar-refractivity contribution >= 4 is 44.3 Å². The fourth-order valence-electron chi connectivity index (χ4n) is 6.68. The predicted molar refractivity (Wildman–Crippen MR) is 199 cm³/mol. The Balaban J connectivity index is 1.38. The van der Waals surface area contributed by atoms with E-state index < -0.39 is 0 Å². The van der Waals surface area contributed by atoms with Gasteiger partial charge in [0.1, 0.15) is 0 Å². The van der Waals surface area contributed by atoms with E-state index in [9.17, 15) is 10.1 Å². The van der Waals surface area contributed by atoms with Gasteiger partial charge in [0, 0.05) is 34.3 Å². The molecule has 0 N–H and O–H groups in total. The normalized spacial score (nSPS) is 11.1. The molecule has 0 aliphatic carbocycles. The van der Waals surface area contributed by atoms with E-state index >= 15 is 0 Å². The smallest absolute Gasteiger partial charge is 0.269 e. The predicted octanol–water partition coefficient (Wildman–Crippen LogP) is 12.4. The molecule has 0 unspecified atom stereocenters. The van der Waals surface area contributed by atoms with Crippen LogP contribution in [0, 0.1) is 10.1 Å². The van der Waals surface area contributed by atoms with Gasteiger partial charge in [-0.05, 0) is 80.6 Å². The summed E-state index contributed by atoms with van der Waals surface area (Å²) in [6.45, 7) is 0. The van der Waals surface area contributed by atoms with Crippen LogP contribution in [0.4, 0.5) is 22.7 Å². The highest BCUT2D eigenvalue weighted by molar-refractivity contribution is 6.22. The summed E-state index contributed by atoms with van der Waals surface area (Å²) in [5.41, 5.74) is 9.88. The molecule has 8 rings (SSSR count). The first-order valence-electron chi connectivity index (χ1n) is 15.9. The van der Waals surface area contributed by atoms with Crippen molar-refractivity contribution < 1.29 is 4.92 Å². The van der Waals surface area contributed by atoms with E-state index in [1.54, 1.807) is 12.1 Å². The lowest BCUT2D eigenvalue weighted by Crippen LogP contribution is -2.11. The Morgan fingerprint density at radius 2 is 0.729 bits per heavy atom. The van der Waals surface area contributed by atoms with Gasteiger partial charge in [-0.25, -0.2) is 0 Å². The van der Waals surface area contributed by atoms with Gasteiger partial charge in [-0.1, -0.05) is 133 Å². The molecule has 0 saturated carbocycles. The fourth-order valence-corrected chi connectivity index (χ4v) is 6.68. The molecule has 0 spiro atoms. The zero-order chi connectivity index (χ0) is 32.5. The third kappa shape index (κ3) is 5.25. The number of benzene rings is 8. The van der Waals surface area contributed by atoms with E-state index in [4.69, 9.17) is 0 Å². The van der Waals surface area contributed by atoms with Crippen LogP contribution in [-0.4, -0.2) is 4.92 Å². The summed E-state index contributed by atoms with van der Waals surface area (Å²) in [6.07, 6.45) is 0. The quantitative estimate of drug-likeness (QED) is 0.101. The standard InChI is InChI=1S/C44H30N2O2/c47-46(48)38-29-23-35(24-30-38)43-39-15-7-9-17-41(39)44(42-18-10-8-16-40(42)43)45(36-25-19-33(20-26-36)31-11-3-1-4-12-31)37-27-21-34(22-28-37)32-13-5-2-6-14-32/h1-30H. The van der Waals surface area contributed by atoms with E-state index in [0.29, 0.717) is 0 Å². The molecule has 0 aliphatic heterocycles. The summed E-state index contributed by atoms with van der Waals surface area (Å²) in [6, 6.07) is 62.2. The highest BCUT2D eigenvalue weighted by atomic mass is 16.6. The number of nitro groups is 1. The molecular weight excluding hydrogens is 588 g/mol. The summed E-state index contributed by atoms with van der Waals surface area (Å²) in [5.74, 6) is 0. The lowest BCUT2D eigenvalue weighted by molar-refractivity contribution is -0.384. The zero-order valence-electron chi connectivity index (χ0n) is 26.0. The molecule has 8 aromatic rings. The SMILES string of the molecule is O=[N+]([O-])c1ccc(-c2c3ccccc3c(N(c3ccc(-c4ccccc4)cc3)c3ccc(-c4ccccc4)cc3)c3ccccc23)cc1. The summed E-state index contributed by atoms with van der Waals surface area (Å²) < 4.78 is 0. The second-order valence-corrected chi connectivity index (χ2v) is 11.8. The van der Waals surface area contributed by atoms with E-state index in [1.807, 2.05) is 24.3 Å². The Hall–Kier alpha value is -6.52. The zero-order valence-corrected chi connectivity index (χ0v) is 26.0. The summed E-state index contributed by atoms with van der Waals surface area (Å²) >= 11 is 0. The largest absolute Gasteiger partial charge is 0.309 e. The van der Waals surface area contributed by atoms with Crippen LogP contribution in [0.15, 0.2) is 182 Å². The van der Waals surface area contributed by atoms with E-state index in [0.717, 1.165) is 60.9 Å². The lowest BCUT2D eigenvalue weighted by Gasteiger charge is -2.30. The minimum absolute atomic E-state index is 0.0769. The summed E-state index contributed by atoms with van der Waals surface area (Å²) in [5, 5.41) is 15.8. The average molecular weight is 619 g/mol. The van der Waals surface area contributed by atoms with Crippen molar-refractivity contribution in [3.05, 3.63) is 192 Å². The molecule has 0 bridgehead atoms. The summed E-state index contributed by atoms with van der Waals surface area (Å²) in [4.78, 5) is 13.5. The van der Waals surface area contributed by atoms with Gasteiger partial charge in [-0.15, -0.1) is 0 Å². The number of anilines is 3. The first-order chi connectivity index (χ1) is 23.7. The Morgan fingerprint density at radius 1 is 0.375 bits per heavy atom. The monoisotopic (exact) mass is 618 g/mol. The Labute approximate surface area is 278 Å². The number of hydrogen-bond donors (Lipinski definition) is 0. The molecule has 228 valence electrons. The number of fused-ring (bicyclic) bond motifs is 2. The maximum atomic E-state index is 11.5. The molecule has 8 aromatic carbocycles. The average Bonchev–Trinajstić information content (AvgIpc) is 3.16. The number of nitro benzene ring substituents is 1. The minimum atomic E-state index is -0.354. The van der Waals surface area contributed by atoms with Crippen molar-refractivity contribution in [3.63, 3.8) is 0 Å². The maximum Gasteiger partial charge on any atom is 0.269 e. The van der Waals surface area contributed by atoms with E-state index in [-0.39, 0.29) is 10.6 Å². The van der Waals surface area contributed by atoms with Crippen molar-refractivity contribution in [3.8, 4) is 33.4 Å². The molecule has 0 aliphatic rings. The van der Waals surface area contributed by atoms with Gasteiger partial charge in [0.25, 0.3) is 5.69 Å². The second kappa shape index (κ2) is 12.3. The Morgan fingerprint density at radius 3 is 1.15 bits per heavy atom. The van der Waals surface area contributed by atoms with Crippen LogP contribution in [0.5, 0.6) is 0 Å². The van der Waals surface area contributed by atoms with Crippen LogP contribution in [0.2, 0.25) is 0 Å². The Bertz CT molecular complexity index is 2250. The highest BCUT2D eigenvalue weighted by Crippen LogP contribution is 2.48. The van der Waals surface area contributed by atoms with Crippen LogP contribution in [0.1, 0.15) is 0 Å². The molecule has 0 fully saturated rings. The van der Waals surface area contributed by atoms with Gasteiger partial charge >= 0.3 is 0 Å². The Kier molecular flexibility index (Phi) is 7.44. The second-order valence-electron chi connectivity index (χ2n) is 11.8. The van der Waals surface area contributed by atoms with Crippen molar-refractivity contribution in [2.24, 2.45) is 0 Å². The van der Waals surface area contributed by atoms with Crippen LogP contribution < -0.4 is 4.90 Å². The number of rotatable bonds is 7. The maximum absolute atomic E-state index is 11.5. The minimum Gasteiger partial charge on any atom is -0.309 e. The van der Waals surface area contributed by atoms with Gasteiger partial charge in [-0.2, -0.15) is 0 Å². The molecule has 0 radical (unpaired) electrons. The summed E-state index contributed by atoms with van der Waals surface area (Å²) in [7, 11) is 0. The molecular formula is C44H30N2O2. The third-order valence-corrected chi connectivity index (χ3v) is 8.96. The first kappa shape index (κ1) is 28.9. The highest BCUT2D eigenvalue weighted by Gasteiger charge is 2.22. The van der Waals surface area contributed by atoms with Gasteiger partial charge in [-0.3, -0.25) is 10.1 Å². The van der Waals surface area contributed by atoms with E-state index in [1.165, 1.54) is 11.1 Å². The first-order valence-corrected chi connectivity index (χ1v) is 15.9. The van der Waals surface area contributed by atoms with Crippen molar-refractivity contribution in [2.45, 2.75) is 0 Å². The van der Waals surface area contributed by atoms with Gasteiger partial charge in [0.05, 0.1) is 10.6 Å². The lowest BCUT2D eigenvalue weighted by atomic mass is 9.89. The molecule has 48 heavy (non-hydrogen) atoms. The number of hydrogen-bond acceptors (Lipinski definition) is 3. The topological polar surface area (TPSA) is 46.4 Å². The van der Waals surface area contributed by atoms with E-state index in [2.05, 4.69) is 150 Å². The molecule has 0 saturated heterocycles. The number of nitrogens with zero attached hydrogens (tertiary/aromatic N) is 2. The fraction of sp³-hybridized carbons (Fsp3) is 0. The molecule has 4 heteroatoms. The van der Waals surface area contributed by atoms with Gasteiger partial charge in [0.15, 0.2) is 0 Å². The molecule has 0 heterocycles. The van der Waals surface area contributed by atoms with Crippen LogP contribution >= 0.6 is 0 Å². The van der Waals surface area contributed by atoms with Crippen LogP contribution in [0.3, 0.4) is 0 Å².